The summed E-state index contributed by atoms with van der Waals surface area (Å²) in [6.07, 6.45) is 1.44. The van der Waals surface area contributed by atoms with Crippen molar-refractivity contribution in [1.82, 2.24) is 20.3 Å². The first-order chi connectivity index (χ1) is 16.1. The number of aromatic nitrogens is 3. The van der Waals surface area contributed by atoms with Crippen LogP contribution in [-0.2, 0) is 16.1 Å². The number of nitrogens with zero attached hydrogens (tertiary/aromatic N) is 4. The number of hydrogen-bond donors (Lipinski definition) is 1. The van der Waals surface area contributed by atoms with Crippen LogP contribution in [0, 0.1) is 0 Å². The van der Waals surface area contributed by atoms with Crippen LogP contribution in [0.5, 0.6) is 5.75 Å². The van der Waals surface area contributed by atoms with E-state index in [-0.39, 0.29) is 30.2 Å². The average Bonchev–Trinajstić information content (AvgIpc) is 3.56. The van der Waals surface area contributed by atoms with E-state index < -0.39 is 0 Å². The molecule has 172 valence electrons. The van der Waals surface area contributed by atoms with Gasteiger partial charge in [0.2, 0.25) is 0 Å². The number of carbonyl (C=O) groups is 1. The van der Waals surface area contributed by atoms with E-state index in [1.807, 2.05) is 79.8 Å². The number of nitrogens with one attached hydrogen (secondary N) is 1. The molecule has 2 aliphatic rings. The monoisotopic (exact) mass is 449 g/mol. The van der Waals surface area contributed by atoms with Crippen LogP contribution < -0.4 is 15.0 Å². The summed E-state index contributed by atoms with van der Waals surface area (Å²) in [5.41, 5.74) is 2.38. The van der Waals surface area contributed by atoms with E-state index in [4.69, 9.17) is 14.2 Å². The molecule has 0 spiro atoms. The van der Waals surface area contributed by atoms with Crippen LogP contribution in [0.15, 0.2) is 60.8 Å². The lowest BCUT2D eigenvalue weighted by Crippen LogP contribution is -2.44. The van der Waals surface area contributed by atoms with Gasteiger partial charge in [-0.05, 0) is 36.4 Å². The summed E-state index contributed by atoms with van der Waals surface area (Å²) < 4.78 is 19.6. The molecule has 3 aromatic rings. The molecule has 2 fully saturated rings. The second kappa shape index (κ2) is 9.21. The van der Waals surface area contributed by atoms with Crippen LogP contribution in [0.4, 0.5) is 5.69 Å². The number of amides is 1. The number of fused-ring (bicyclic) bond motifs is 1. The molecule has 4 unspecified atom stereocenters. The zero-order valence-corrected chi connectivity index (χ0v) is 18.6. The second-order valence-electron chi connectivity index (χ2n) is 8.48. The molecule has 2 aromatic carbocycles. The van der Waals surface area contributed by atoms with Gasteiger partial charge >= 0.3 is 0 Å². The molecule has 0 aliphatic carbocycles. The predicted octanol–water partition coefficient (Wildman–Crippen LogP) is 2.06. The van der Waals surface area contributed by atoms with Crippen molar-refractivity contribution in [2.24, 2.45) is 0 Å². The Morgan fingerprint density at radius 3 is 2.61 bits per heavy atom. The van der Waals surface area contributed by atoms with Crippen LogP contribution in [0.25, 0.3) is 0 Å². The van der Waals surface area contributed by atoms with Gasteiger partial charge in [0.15, 0.2) is 0 Å². The Labute approximate surface area is 192 Å². The Balaban J connectivity index is 1.18. The van der Waals surface area contributed by atoms with Crippen LogP contribution in [0.3, 0.4) is 0 Å². The lowest BCUT2D eigenvalue weighted by atomic mass is 10.1. The van der Waals surface area contributed by atoms with Gasteiger partial charge in [-0.25, -0.2) is 4.68 Å². The van der Waals surface area contributed by atoms with Crippen molar-refractivity contribution in [1.29, 1.82) is 0 Å². The summed E-state index contributed by atoms with van der Waals surface area (Å²) >= 11 is 0. The largest absolute Gasteiger partial charge is 0.487 e. The second-order valence-corrected chi connectivity index (χ2v) is 8.48. The summed E-state index contributed by atoms with van der Waals surface area (Å²) in [4.78, 5) is 14.7. The Kier molecular flexibility index (Phi) is 5.97. The normalized spacial score (nSPS) is 23.8. The maximum Gasteiger partial charge on any atom is 0.251 e. The number of carbonyl (C=O) groups excluding carboxylic acids is 1. The van der Waals surface area contributed by atoms with E-state index in [0.717, 1.165) is 17.1 Å². The fourth-order valence-electron chi connectivity index (χ4n) is 4.21. The van der Waals surface area contributed by atoms with Gasteiger partial charge in [0, 0.05) is 25.3 Å². The summed E-state index contributed by atoms with van der Waals surface area (Å²) in [6, 6.07) is 16.8. The minimum Gasteiger partial charge on any atom is -0.487 e. The molecule has 33 heavy (non-hydrogen) atoms. The molecule has 2 aliphatic heterocycles. The maximum atomic E-state index is 12.7. The van der Waals surface area contributed by atoms with Crippen molar-refractivity contribution in [3.63, 3.8) is 0 Å². The summed E-state index contributed by atoms with van der Waals surface area (Å²) in [5.74, 6) is 0.646. The lowest BCUT2D eigenvalue weighted by Gasteiger charge is -2.18. The maximum absolute atomic E-state index is 12.7. The SMILES string of the molecule is CN(C)c1ccc(C(=O)NC2COC3C2OCC3n2cc(COc3ccccc3)nn2)cc1. The fourth-order valence-corrected chi connectivity index (χ4v) is 4.21. The van der Waals surface area contributed by atoms with Gasteiger partial charge < -0.3 is 24.4 Å². The third kappa shape index (κ3) is 4.55. The first kappa shape index (κ1) is 21.4. The highest BCUT2D eigenvalue weighted by atomic mass is 16.6. The summed E-state index contributed by atoms with van der Waals surface area (Å²) in [6.45, 7) is 1.17. The first-order valence-electron chi connectivity index (χ1n) is 11.0. The molecule has 1 amide bonds. The molecule has 5 rings (SSSR count). The number of benzene rings is 2. The van der Waals surface area contributed by atoms with Crippen molar-refractivity contribution in [2.45, 2.75) is 30.9 Å². The Bertz CT molecular complexity index is 1090. The van der Waals surface area contributed by atoms with Gasteiger partial charge in [-0.15, -0.1) is 5.10 Å². The molecular formula is C24H27N5O4. The Morgan fingerprint density at radius 2 is 1.85 bits per heavy atom. The summed E-state index contributed by atoms with van der Waals surface area (Å²) in [7, 11) is 3.93. The third-order valence-corrected chi connectivity index (χ3v) is 6.02. The van der Waals surface area contributed by atoms with E-state index in [0.29, 0.717) is 25.4 Å². The van der Waals surface area contributed by atoms with E-state index in [1.165, 1.54) is 0 Å². The molecule has 0 bridgehead atoms. The van der Waals surface area contributed by atoms with Gasteiger partial charge in [-0.3, -0.25) is 4.79 Å². The molecule has 1 N–H and O–H groups in total. The third-order valence-electron chi connectivity index (χ3n) is 6.02. The number of anilines is 1. The molecule has 9 heteroatoms. The van der Waals surface area contributed by atoms with E-state index >= 15 is 0 Å². The van der Waals surface area contributed by atoms with Gasteiger partial charge in [-0.1, -0.05) is 23.4 Å². The highest BCUT2D eigenvalue weighted by Crippen LogP contribution is 2.34. The zero-order valence-electron chi connectivity index (χ0n) is 18.6. The van der Waals surface area contributed by atoms with Crippen molar-refractivity contribution in [3.8, 4) is 5.75 Å². The van der Waals surface area contributed by atoms with Gasteiger partial charge in [0.1, 0.15) is 36.3 Å². The van der Waals surface area contributed by atoms with Crippen molar-refractivity contribution in [3.05, 3.63) is 72.1 Å². The molecule has 2 saturated heterocycles. The van der Waals surface area contributed by atoms with Gasteiger partial charge in [0.25, 0.3) is 5.91 Å². The standard InChI is InChI=1S/C24H27N5O4/c1-28(2)18-10-8-16(9-11-18)24(30)25-20-14-32-23-21(15-33-22(20)23)29-12-17(26-27-29)13-31-19-6-4-3-5-7-19/h3-12,20-23H,13-15H2,1-2H3,(H,25,30). The van der Waals surface area contributed by atoms with E-state index in [1.54, 1.807) is 4.68 Å². The molecular weight excluding hydrogens is 422 g/mol. The highest BCUT2D eigenvalue weighted by molar-refractivity contribution is 5.94. The Morgan fingerprint density at radius 1 is 1.09 bits per heavy atom. The van der Waals surface area contributed by atoms with Crippen LogP contribution >= 0.6 is 0 Å². The topological polar surface area (TPSA) is 90.7 Å². The average molecular weight is 450 g/mol. The molecule has 1 aromatic heterocycles. The van der Waals surface area contributed by atoms with Crippen LogP contribution in [0.1, 0.15) is 22.1 Å². The zero-order chi connectivity index (χ0) is 22.8. The molecule has 3 heterocycles. The minimum atomic E-state index is -0.229. The predicted molar refractivity (Wildman–Crippen MR) is 121 cm³/mol. The molecule has 9 nitrogen and oxygen atoms in total. The number of hydrogen-bond acceptors (Lipinski definition) is 7. The number of rotatable bonds is 7. The van der Waals surface area contributed by atoms with Gasteiger partial charge in [0.05, 0.1) is 25.5 Å². The fraction of sp³-hybridized carbons (Fsp3) is 0.375. The van der Waals surface area contributed by atoms with Crippen molar-refractivity contribution < 1.29 is 19.0 Å². The smallest absolute Gasteiger partial charge is 0.251 e. The number of para-hydroxylation sites is 1. The minimum absolute atomic E-state index is 0.103. The molecule has 0 saturated carbocycles. The molecule has 0 radical (unpaired) electrons. The van der Waals surface area contributed by atoms with Crippen molar-refractivity contribution >= 4 is 11.6 Å². The van der Waals surface area contributed by atoms with Gasteiger partial charge in [-0.2, -0.15) is 0 Å². The van der Waals surface area contributed by atoms with E-state index in [9.17, 15) is 4.79 Å². The van der Waals surface area contributed by atoms with Crippen LogP contribution in [0.2, 0.25) is 0 Å². The van der Waals surface area contributed by atoms with Crippen molar-refractivity contribution in [2.75, 3.05) is 32.2 Å². The summed E-state index contributed by atoms with van der Waals surface area (Å²) in [5, 5.41) is 11.5. The first-order valence-corrected chi connectivity index (χ1v) is 11.0. The highest BCUT2D eigenvalue weighted by Gasteiger charge is 2.49. The quantitative estimate of drug-likeness (QED) is 0.590. The lowest BCUT2D eigenvalue weighted by molar-refractivity contribution is 0.0613. The van der Waals surface area contributed by atoms with E-state index in [2.05, 4.69) is 15.6 Å². The molecule has 4 atom stereocenters. The number of ether oxygens (including phenoxy) is 3. The van der Waals surface area contributed by atoms with Crippen LogP contribution in [-0.4, -0.2) is 66.5 Å². The Hall–Kier alpha value is -3.43.